The van der Waals surface area contributed by atoms with Gasteiger partial charge in [0.1, 0.15) is 0 Å². The first-order valence-corrected chi connectivity index (χ1v) is 7.31. The van der Waals surface area contributed by atoms with Crippen LogP contribution < -0.4 is 0 Å². The summed E-state index contributed by atoms with van der Waals surface area (Å²) in [7, 11) is 0. The van der Waals surface area contributed by atoms with E-state index in [0.29, 0.717) is 5.57 Å². The molecule has 0 aliphatic carbocycles. The van der Waals surface area contributed by atoms with Crippen LogP contribution in [-0.4, -0.2) is 57.0 Å². The van der Waals surface area contributed by atoms with E-state index in [9.17, 15) is 19.2 Å². The van der Waals surface area contributed by atoms with E-state index < -0.39 is 23.9 Å². The molecule has 1 fully saturated rings. The Hall–Kier alpha value is -2.68. The summed E-state index contributed by atoms with van der Waals surface area (Å²) in [6.07, 6.45) is 2.80. The largest absolute Gasteiger partial charge is 0.481 e. The Kier molecular flexibility index (Phi) is 13.5. The second-order valence-corrected chi connectivity index (χ2v) is 5.11. The SMILES string of the molecule is C=C(C)C(=O)O.CC(=CCC1CO1)C(=O)O.O=C(O)CCCC(=O)O. The van der Waals surface area contributed by atoms with Gasteiger partial charge in [0.05, 0.1) is 12.7 Å². The van der Waals surface area contributed by atoms with Gasteiger partial charge in [0.25, 0.3) is 0 Å². The Morgan fingerprint density at radius 2 is 1.40 bits per heavy atom. The van der Waals surface area contributed by atoms with E-state index >= 15 is 0 Å². The topological polar surface area (TPSA) is 162 Å². The highest BCUT2D eigenvalue weighted by molar-refractivity contribution is 5.85. The van der Waals surface area contributed by atoms with Crippen LogP contribution in [0.15, 0.2) is 23.8 Å². The number of rotatable bonds is 8. The fourth-order valence-electron chi connectivity index (χ4n) is 0.990. The van der Waals surface area contributed by atoms with E-state index in [-0.39, 0.29) is 30.9 Å². The third kappa shape index (κ3) is 21.3. The van der Waals surface area contributed by atoms with Crippen molar-refractivity contribution in [1.82, 2.24) is 0 Å². The Morgan fingerprint density at radius 3 is 1.64 bits per heavy atom. The van der Waals surface area contributed by atoms with Crippen molar-refractivity contribution in [1.29, 1.82) is 0 Å². The van der Waals surface area contributed by atoms with Crippen molar-refractivity contribution in [3.8, 4) is 0 Å². The minimum Gasteiger partial charge on any atom is -0.481 e. The summed E-state index contributed by atoms with van der Waals surface area (Å²) in [5.41, 5.74) is 0.575. The van der Waals surface area contributed by atoms with Crippen LogP contribution >= 0.6 is 0 Å². The molecule has 1 rings (SSSR count). The highest BCUT2D eigenvalue weighted by Crippen LogP contribution is 2.14. The molecule has 0 aromatic heterocycles. The summed E-state index contributed by atoms with van der Waals surface area (Å²) in [5, 5.41) is 32.4. The van der Waals surface area contributed by atoms with Gasteiger partial charge in [-0.25, -0.2) is 9.59 Å². The molecule has 1 heterocycles. The number of carbonyl (C=O) groups is 4. The molecular weight excluding hydrogens is 336 g/mol. The van der Waals surface area contributed by atoms with Crippen molar-refractivity contribution in [3.05, 3.63) is 23.8 Å². The molecule has 1 saturated heterocycles. The predicted octanol–water partition coefficient (Wildman–Crippen LogP) is 1.78. The number of carboxylic acid groups (broad SMARTS) is 4. The first-order chi connectivity index (χ1) is 11.5. The molecule has 9 nitrogen and oxygen atoms in total. The Morgan fingerprint density at radius 1 is 1.00 bits per heavy atom. The Balaban J connectivity index is 0. The van der Waals surface area contributed by atoms with Gasteiger partial charge in [-0.3, -0.25) is 9.59 Å². The standard InChI is InChI=1S/C7H10O3.C5H8O4.C4H6O2/c1-5(7(8)9)2-3-6-4-10-6;6-4(7)2-1-3-5(8)9;1-3(2)4(5)6/h2,6H,3-4H2,1H3,(H,8,9);1-3H2,(H,6,7)(H,8,9);1H2,2H3,(H,5,6). The van der Waals surface area contributed by atoms with Crippen molar-refractivity contribution >= 4 is 23.9 Å². The van der Waals surface area contributed by atoms with Gasteiger partial charge >= 0.3 is 23.9 Å². The predicted molar refractivity (Wildman–Crippen MR) is 87.3 cm³/mol. The fourth-order valence-corrected chi connectivity index (χ4v) is 0.990. The second-order valence-electron chi connectivity index (χ2n) is 5.11. The lowest BCUT2D eigenvalue weighted by Gasteiger charge is -1.89. The summed E-state index contributed by atoms with van der Waals surface area (Å²) >= 11 is 0. The number of hydrogen-bond donors (Lipinski definition) is 4. The molecule has 0 aromatic carbocycles. The van der Waals surface area contributed by atoms with Crippen LogP contribution in [0.1, 0.15) is 39.5 Å². The number of carboxylic acids is 4. The van der Waals surface area contributed by atoms with Crippen molar-refractivity contribution in [2.45, 2.75) is 45.6 Å². The molecule has 0 spiro atoms. The summed E-state index contributed by atoms with van der Waals surface area (Å²) in [6, 6.07) is 0. The van der Waals surface area contributed by atoms with Crippen LogP contribution in [0.5, 0.6) is 0 Å². The lowest BCUT2D eigenvalue weighted by molar-refractivity contribution is -0.139. The molecule has 0 bridgehead atoms. The third-order valence-electron chi connectivity index (χ3n) is 2.57. The molecule has 25 heavy (non-hydrogen) atoms. The van der Waals surface area contributed by atoms with E-state index in [1.54, 1.807) is 13.0 Å². The van der Waals surface area contributed by atoms with E-state index in [4.69, 9.17) is 25.2 Å². The summed E-state index contributed by atoms with van der Waals surface area (Å²) in [4.78, 5) is 39.4. The number of ether oxygens (including phenoxy) is 1. The zero-order valence-electron chi connectivity index (χ0n) is 14.2. The molecule has 1 unspecified atom stereocenters. The van der Waals surface area contributed by atoms with Crippen molar-refractivity contribution in [2.24, 2.45) is 0 Å². The maximum Gasteiger partial charge on any atom is 0.330 e. The maximum atomic E-state index is 10.2. The lowest BCUT2D eigenvalue weighted by Crippen LogP contribution is -1.98. The molecule has 1 atom stereocenters. The molecule has 1 aliphatic heterocycles. The molecule has 9 heteroatoms. The van der Waals surface area contributed by atoms with Crippen LogP contribution in [0, 0.1) is 0 Å². The minimum absolute atomic E-state index is 0.0632. The molecular formula is C16H24O9. The number of epoxide rings is 1. The van der Waals surface area contributed by atoms with Gasteiger partial charge in [0.15, 0.2) is 0 Å². The van der Waals surface area contributed by atoms with Crippen LogP contribution in [0.2, 0.25) is 0 Å². The molecule has 1 aliphatic rings. The van der Waals surface area contributed by atoms with E-state index in [1.165, 1.54) is 6.92 Å². The maximum absolute atomic E-state index is 10.2. The normalized spacial score (nSPS) is 14.8. The first kappa shape index (κ1) is 24.6. The van der Waals surface area contributed by atoms with E-state index in [2.05, 4.69) is 6.58 Å². The van der Waals surface area contributed by atoms with Crippen molar-refractivity contribution in [2.75, 3.05) is 6.61 Å². The number of aliphatic carboxylic acids is 4. The van der Waals surface area contributed by atoms with Crippen molar-refractivity contribution < 1.29 is 44.3 Å². The molecule has 0 radical (unpaired) electrons. The second kappa shape index (κ2) is 13.7. The monoisotopic (exact) mass is 360 g/mol. The van der Waals surface area contributed by atoms with E-state index in [0.717, 1.165) is 13.0 Å². The fraction of sp³-hybridized carbons (Fsp3) is 0.500. The average Bonchev–Trinajstić information content (AvgIpc) is 3.29. The van der Waals surface area contributed by atoms with Crippen molar-refractivity contribution in [3.63, 3.8) is 0 Å². The smallest absolute Gasteiger partial charge is 0.330 e. The minimum atomic E-state index is -0.948. The first-order valence-electron chi connectivity index (χ1n) is 7.31. The van der Waals surface area contributed by atoms with Gasteiger partial charge in [-0.2, -0.15) is 0 Å². The zero-order chi connectivity index (χ0) is 20.0. The Bertz CT molecular complexity index is 490. The molecule has 142 valence electrons. The van der Waals surface area contributed by atoms with Crippen LogP contribution in [0.3, 0.4) is 0 Å². The summed E-state index contributed by atoms with van der Waals surface area (Å²) in [5.74, 6) is -3.68. The zero-order valence-corrected chi connectivity index (χ0v) is 14.2. The average molecular weight is 360 g/mol. The quantitative estimate of drug-likeness (QED) is 0.373. The van der Waals surface area contributed by atoms with E-state index in [1.807, 2.05) is 0 Å². The van der Waals surface area contributed by atoms with Gasteiger partial charge < -0.3 is 25.2 Å². The summed E-state index contributed by atoms with van der Waals surface area (Å²) < 4.78 is 4.90. The highest BCUT2D eigenvalue weighted by Gasteiger charge is 2.20. The van der Waals surface area contributed by atoms with Gasteiger partial charge in [-0.15, -0.1) is 0 Å². The number of hydrogen-bond acceptors (Lipinski definition) is 5. The van der Waals surface area contributed by atoms with Crippen LogP contribution in [-0.2, 0) is 23.9 Å². The molecule has 0 aromatic rings. The third-order valence-corrected chi connectivity index (χ3v) is 2.57. The van der Waals surface area contributed by atoms with Gasteiger partial charge in [0, 0.05) is 24.0 Å². The van der Waals surface area contributed by atoms with Crippen LogP contribution in [0.4, 0.5) is 0 Å². The van der Waals surface area contributed by atoms with Gasteiger partial charge in [-0.1, -0.05) is 12.7 Å². The van der Waals surface area contributed by atoms with Gasteiger partial charge in [-0.05, 0) is 26.7 Å². The van der Waals surface area contributed by atoms with Crippen LogP contribution in [0.25, 0.3) is 0 Å². The molecule has 4 N–H and O–H groups in total. The highest BCUT2D eigenvalue weighted by atomic mass is 16.6. The summed E-state index contributed by atoms with van der Waals surface area (Å²) in [6.45, 7) is 6.97. The lowest BCUT2D eigenvalue weighted by atomic mass is 10.2. The van der Waals surface area contributed by atoms with Gasteiger partial charge in [0.2, 0.25) is 0 Å². The molecule has 0 amide bonds. The Labute approximate surface area is 145 Å². The molecule has 0 saturated carbocycles.